The fraction of sp³-hybridized carbons (Fsp3) is 0.765. The van der Waals surface area contributed by atoms with Crippen molar-refractivity contribution in [1.82, 2.24) is 14.7 Å². The number of amides is 1. The summed E-state index contributed by atoms with van der Waals surface area (Å²) in [6, 6.07) is 0. The van der Waals surface area contributed by atoms with E-state index < -0.39 is 0 Å². The van der Waals surface area contributed by atoms with Crippen molar-refractivity contribution in [3.05, 3.63) is 18.0 Å². The third kappa shape index (κ3) is 4.64. The van der Waals surface area contributed by atoms with E-state index in [1.165, 1.54) is 5.56 Å². The molecule has 0 spiro atoms. The van der Waals surface area contributed by atoms with Crippen molar-refractivity contribution in [3.63, 3.8) is 0 Å². The van der Waals surface area contributed by atoms with Crippen LogP contribution < -0.4 is 5.73 Å². The molecule has 1 amide bonds. The molecule has 0 bridgehead atoms. The molecule has 1 aromatic rings. The molecule has 0 unspecified atom stereocenters. The van der Waals surface area contributed by atoms with Crippen LogP contribution in [0.15, 0.2) is 12.4 Å². The maximum absolute atomic E-state index is 12.8. The average molecular weight is 379 g/mol. The third-order valence-electron chi connectivity index (χ3n) is 5.43. The highest BCUT2D eigenvalue weighted by Crippen LogP contribution is 2.32. The number of nitrogens with zero attached hydrogens (tertiary/aromatic N) is 3. The molecule has 0 aliphatic carbocycles. The predicted octanol–water partition coefficient (Wildman–Crippen LogP) is 3.22. The molecule has 7 heteroatoms. The van der Waals surface area contributed by atoms with Crippen molar-refractivity contribution in [2.24, 2.45) is 11.1 Å². The van der Waals surface area contributed by atoms with Gasteiger partial charge in [-0.15, -0.1) is 24.8 Å². The summed E-state index contributed by atoms with van der Waals surface area (Å²) in [4.78, 5) is 14.9. The molecule has 1 aliphatic heterocycles. The van der Waals surface area contributed by atoms with Gasteiger partial charge in [0.15, 0.2) is 0 Å². The van der Waals surface area contributed by atoms with Crippen molar-refractivity contribution in [3.8, 4) is 0 Å². The lowest BCUT2D eigenvalue weighted by Crippen LogP contribution is -2.49. The first-order chi connectivity index (χ1) is 10.6. The topological polar surface area (TPSA) is 64.2 Å². The first kappa shape index (κ1) is 23.2. The molecule has 1 aliphatic rings. The Labute approximate surface area is 158 Å². The van der Waals surface area contributed by atoms with Gasteiger partial charge in [0.2, 0.25) is 5.91 Å². The summed E-state index contributed by atoms with van der Waals surface area (Å²) < 4.78 is 1.97. The molecule has 1 saturated heterocycles. The molecular formula is C17H32Cl2N4O. The van der Waals surface area contributed by atoms with E-state index in [1.54, 1.807) is 0 Å². The Morgan fingerprint density at radius 1 is 1.25 bits per heavy atom. The Hall–Kier alpha value is -0.780. The number of aromatic nitrogens is 2. The number of hydrogen-bond acceptors (Lipinski definition) is 3. The van der Waals surface area contributed by atoms with E-state index in [-0.39, 0.29) is 36.1 Å². The van der Waals surface area contributed by atoms with Crippen LogP contribution in [-0.4, -0.2) is 40.2 Å². The molecule has 0 radical (unpaired) electrons. The molecule has 0 aromatic carbocycles. The van der Waals surface area contributed by atoms with Gasteiger partial charge in [-0.3, -0.25) is 9.48 Å². The Morgan fingerprint density at radius 2 is 1.83 bits per heavy atom. The van der Waals surface area contributed by atoms with Crippen molar-refractivity contribution < 1.29 is 4.79 Å². The fourth-order valence-corrected chi connectivity index (χ4v) is 3.44. The molecule has 2 heterocycles. The minimum atomic E-state index is -0.361. The number of piperidine rings is 1. The highest BCUT2D eigenvalue weighted by Gasteiger charge is 2.38. The molecule has 2 rings (SSSR count). The molecule has 1 aromatic heterocycles. The predicted molar refractivity (Wildman–Crippen MR) is 103 cm³/mol. The molecule has 5 nitrogen and oxygen atoms in total. The molecule has 140 valence electrons. The average Bonchev–Trinajstić information content (AvgIpc) is 3.06. The van der Waals surface area contributed by atoms with Crippen LogP contribution in [0.1, 0.15) is 57.9 Å². The summed E-state index contributed by atoms with van der Waals surface area (Å²) in [7, 11) is 0. The van der Waals surface area contributed by atoms with Crippen LogP contribution in [0, 0.1) is 5.41 Å². The summed E-state index contributed by atoms with van der Waals surface area (Å²) >= 11 is 0. The quantitative estimate of drug-likeness (QED) is 0.826. The number of hydrogen-bond donors (Lipinski definition) is 1. The van der Waals surface area contributed by atoms with Gasteiger partial charge in [-0.1, -0.05) is 13.8 Å². The molecule has 1 fully saturated rings. The first-order valence-electron chi connectivity index (χ1n) is 8.62. The summed E-state index contributed by atoms with van der Waals surface area (Å²) in [5.74, 6) is 0.780. The van der Waals surface area contributed by atoms with Crippen molar-refractivity contribution >= 4 is 30.7 Å². The van der Waals surface area contributed by atoms with E-state index in [1.807, 2.05) is 15.8 Å². The van der Waals surface area contributed by atoms with Crippen molar-refractivity contribution in [1.29, 1.82) is 0 Å². The number of rotatable bonds is 6. The highest BCUT2D eigenvalue weighted by atomic mass is 35.5. The second-order valence-corrected chi connectivity index (χ2v) is 6.39. The molecular weight excluding hydrogens is 347 g/mol. The van der Waals surface area contributed by atoms with E-state index >= 15 is 0 Å². The second-order valence-electron chi connectivity index (χ2n) is 6.39. The fourth-order valence-electron chi connectivity index (χ4n) is 3.44. The van der Waals surface area contributed by atoms with Gasteiger partial charge in [-0.25, -0.2) is 0 Å². The Balaban J connectivity index is 0.00000264. The Bertz CT molecular complexity index is 486. The van der Waals surface area contributed by atoms with Crippen molar-refractivity contribution in [2.75, 3.05) is 19.6 Å². The maximum atomic E-state index is 12.8. The standard InChI is InChI=1S/C17H30N4O.2ClH/c1-4-17(5-2,13-18)16(22)20-9-7-14(8-10-20)15-11-19-21(6-3)12-15;;/h11-12,14H,4-10,13,18H2,1-3H3;2*1H. The zero-order chi connectivity index (χ0) is 16.2. The number of likely N-dealkylation sites (tertiary alicyclic amines) is 1. The lowest BCUT2D eigenvalue weighted by atomic mass is 9.80. The molecule has 0 saturated carbocycles. The SMILES string of the molecule is CCn1cc(C2CCN(C(=O)C(CC)(CC)CN)CC2)cn1.Cl.Cl. The van der Waals surface area contributed by atoms with Gasteiger partial charge in [0.25, 0.3) is 0 Å². The zero-order valence-corrected chi connectivity index (χ0v) is 16.7. The van der Waals surface area contributed by atoms with Crippen LogP contribution in [-0.2, 0) is 11.3 Å². The summed E-state index contributed by atoms with van der Waals surface area (Å²) in [5.41, 5.74) is 6.86. The van der Waals surface area contributed by atoms with Crippen LogP contribution in [0.3, 0.4) is 0 Å². The lowest BCUT2D eigenvalue weighted by molar-refractivity contribution is -0.143. The summed E-state index contributed by atoms with van der Waals surface area (Å²) in [6.45, 7) is 9.26. The van der Waals surface area contributed by atoms with Gasteiger partial charge >= 0.3 is 0 Å². The van der Waals surface area contributed by atoms with E-state index in [9.17, 15) is 4.79 Å². The van der Waals surface area contributed by atoms with Gasteiger partial charge in [-0.2, -0.15) is 5.10 Å². The molecule has 24 heavy (non-hydrogen) atoms. The van der Waals surface area contributed by atoms with E-state index in [0.29, 0.717) is 12.5 Å². The number of halogens is 2. The van der Waals surface area contributed by atoms with E-state index in [0.717, 1.165) is 45.3 Å². The minimum absolute atomic E-state index is 0. The van der Waals surface area contributed by atoms with Gasteiger partial charge in [-0.05, 0) is 44.1 Å². The molecule has 2 N–H and O–H groups in total. The monoisotopic (exact) mass is 378 g/mol. The normalized spacial score (nSPS) is 15.6. The summed E-state index contributed by atoms with van der Waals surface area (Å²) in [5, 5.41) is 4.36. The number of carbonyl (C=O) groups excluding carboxylic acids is 1. The summed E-state index contributed by atoms with van der Waals surface area (Å²) in [6.07, 6.45) is 7.81. The second kappa shape index (κ2) is 10.3. The van der Waals surface area contributed by atoms with Gasteiger partial charge in [0.1, 0.15) is 0 Å². The van der Waals surface area contributed by atoms with Crippen LogP contribution in [0.4, 0.5) is 0 Å². The zero-order valence-electron chi connectivity index (χ0n) is 15.0. The number of nitrogens with two attached hydrogens (primary N) is 1. The molecule has 0 atom stereocenters. The van der Waals surface area contributed by atoms with Crippen LogP contribution >= 0.6 is 24.8 Å². The smallest absolute Gasteiger partial charge is 0.230 e. The van der Waals surface area contributed by atoms with Crippen LogP contribution in [0.5, 0.6) is 0 Å². The van der Waals surface area contributed by atoms with Crippen molar-refractivity contribution in [2.45, 2.75) is 58.9 Å². The number of carbonyl (C=O) groups is 1. The number of aryl methyl sites for hydroxylation is 1. The Morgan fingerprint density at radius 3 is 2.25 bits per heavy atom. The van der Waals surface area contributed by atoms with Gasteiger partial charge < -0.3 is 10.6 Å². The van der Waals surface area contributed by atoms with Crippen LogP contribution in [0.2, 0.25) is 0 Å². The lowest BCUT2D eigenvalue weighted by Gasteiger charge is -2.39. The largest absolute Gasteiger partial charge is 0.342 e. The minimum Gasteiger partial charge on any atom is -0.342 e. The highest BCUT2D eigenvalue weighted by molar-refractivity contribution is 5.85. The maximum Gasteiger partial charge on any atom is 0.230 e. The van der Waals surface area contributed by atoms with E-state index in [4.69, 9.17) is 5.73 Å². The Kier molecular flexibility index (Phi) is 9.93. The van der Waals surface area contributed by atoms with Gasteiger partial charge in [0.05, 0.1) is 11.6 Å². The first-order valence-corrected chi connectivity index (χ1v) is 8.62. The van der Waals surface area contributed by atoms with Crippen LogP contribution in [0.25, 0.3) is 0 Å². The van der Waals surface area contributed by atoms with Gasteiger partial charge in [0, 0.05) is 32.4 Å². The van der Waals surface area contributed by atoms with E-state index in [2.05, 4.69) is 32.1 Å². The third-order valence-corrected chi connectivity index (χ3v) is 5.43.